The highest BCUT2D eigenvalue weighted by molar-refractivity contribution is 5.86. The maximum absolute atomic E-state index is 11.8. The average Bonchev–Trinajstić information content (AvgIpc) is 2.87. The van der Waals surface area contributed by atoms with Crippen molar-refractivity contribution in [1.29, 1.82) is 0 Å². The van der Waals surface area contributed by atoms with Gasteiger partial charge in [-0.1, -0.05) is 42.0 Å². The fourth-order valence-electron chi connectivity index (χ4n) is 4.45. The molecule has 4 nitrogen and oxygen atoms in total. The van der Waals surface area contributed by atoms with E-state index in [0.29, 0.717) is 13.0 Å². The lowest BCUT2D eigenvalue weighted by molar-refractivity contribution is -0.143. The summed E-state index contributed by atoms with van der Waals surface area (Å²) in [6, 6.07) is 17.5. The number of nitrogens with zero attached hydrogens (tertiary/aromatic N) is 2. The van der Waals surface area contributed by atoms with E-state index < -0.39 is 0 Å². The van der Waals surface area contributed by atoms with Crippen molar-refractivity contribution in [2.75, 3.05) is 19.7 Å². The fourth-order valence-corrected chi connectivity index (χ4v) is 4.45. The predicted molar refractivity (Wildman–Crippen MR) is 117 cm³/mol. The van der Waals surface area contributed by atoms with Gasteiger partial charge in [-0.2, -0.15) is 0 Å². The highest BCUT2D eigenvalue weighted by Crippen LogP contribution is 2.32. The maximum atomic E-state index is 11.8. The minimum atomic E-state index is -0.0979. The number of carbonyl (C=O) groups is 1. The molecule has 2 aromatic carbocycles. The lowest BCUT2D eigenvalue weighted by atomic mass is 10.1. The number of ether oxygens (including phenoxy) is 1. The Labute approximate surface area is 173 Å². The Balaban J connectivity index is 1.67. The van der Waals surface area contributed by atoms with Crippen LogP contribution in [0.5, 0.6) is 0 Å². The molecule has 1 aliphatic heterocycles. The molecular weight excluding hydrogens is 360 g/mol. The summed E-state index contributed by atoms with van der Waals surface area (Å²) < 4.78 is 7.63. The van der Waals surface area contributed by atoms with Crippen LogP contribution in [-0.4, -0.2) is 35.1 Å². The molecule has 0 N–H and O–H groups in total. The van der Waals surface area contributed by atoms with Crippen LogP contribution in [0.25, 0.3) is 10.9 Å². The van der Waals surface area contributed by atoms with Gasteiger partial charge in [0.2, 0.25) is 0 Å². The summed E-state index contributed by atoms with van der Waals surface area (Å²) in [5.74, 6) is -0.0979. The Hall–Kier alpha value is -2.59. The molecule has 29 heavy (non-hydrogen) atoms. The molecule has 1 aliphatic rings. The highest BCUT2D eigenvalue weighted by atomic mass is 16.5. The molecule has 0 amide bonds. The summed E-state index contributed by atoms with van der Waals surface area (Å²) in [5, 5.41) is 1.36. The zero-order valence-electron chi connectivity index (χ0n) is 17.5. The first-order valence-corrected chi connectivity index (χ1v) is 10.7. The molecule has 0 radical (unpaired) electrons. The van der Waals surface area contributed by atoms with Gasteiger partial charge in [0, 0.05) is 36.2 Å². The number of hydrogen-bond acceptors (Lipinski definition) is 3. The van der Waals surface area contributed by atoms with Crippen LogP contribution in [0.1, 0.15) is 42.1 Å². The van der Waals surface area contributed by atoms with Crippen LogP contribution in [0, 0.1) is 6.92 Å². The molecule has 152 valence electrons. The molecule has 0 saturated heterocycles. The Bertz CT molecular complexity index is 991. The minimum absolute atomic E-state index is 0.0979. The Morgan fingerprint density at radius 1 is 1.14 bits per heavy atom. The van der Waals surface area contributed by atoms with E-state index in [9.17, 15) is 4.79 Å². The zero-order chi connectivity index (χ0) is 20.2. The molecule has 0 bridgehead atoms. The van der Waals surface area contributed by atoms with Gasteiger partial charge in [0.25, 0.3) is 0 Å². The minimum Gasteiger partial charge on any atom is -0.466 e. The third kappa shape index (κ3) is 4.38. The van der Waals surface area contributed by atoms with Crippen LogP contribution >= 0.6 is 0 Å². The summed E-state index contributed by atoms with van der Waals surface area (Å²) in [4.78, 5) is 14.2. The first kappa shape index (κ1) is 19.7. The molecule has 2 heterocycles. The fraction of sp³-hybridized carbons (Fsp3) is 0.400. The molecule has 0 saturated carbocycles. The molecule has 4 heteroatoms. The van der Waals surface area contributed by atoms with E-state index in [1.165, 1.54) is 33.3 Å². The Morgan fingerprint density at radius 3 is 2.76 bits per heavy atom. The van der Waals surface area contributed by atoms with Crippen molar-refractivity contribution < 1.29 is 9.53 Å². The van der Waals surface area contributed by atoms with Crippen molar-refractivity contribution in [1.82, 2.24) is 9.47 Å². The third-order valence-electron chi connectivity index (χ3n) is 5.83. The van der Waals surface area contributed by atoms with Crippen LogP contribution in [0.2, 0.25) is 0 Å². The van der Waals surface area contributed by atoms with Gasteiger partial charge >= 0.3 is 5.97 Å². The van der Waals surface area contributed by atoms with Crippen molar-refractivity contribution >= 4 is 16.9 Å². The van der Waals surface area contributed by atoms with E-state index in [1.807, 2.05) is 6.92 Å². The third-order valence-corrected chi connectivity index (χ3v) is 5.83. The van der Waals surface area contributed by atoms with Crippen LogP contribution in [-0.2, 0) is 29.0 Å². The number of carbonyl (C=O) groups excluding carboxylic acids is 1. The molecule has 3 aromatic rings. The van der Waals surface area contributed by atoms with Crippen molar-refractivity contribution in [2.45, 2.75) is 46.2 Å². The second-order valence-corrected chi connectivity index (χ2v) is 7.95. The van der Waals surface area contributed by atoms with Crippen molar-refractivity contribution in [3.63, 3.8) is 0 Å². The van der Waals surface area contributed by atoms with Crippen molar-refractivity contribution in [2.24, 2.45) is 0 Å². The second kappa shape index (κ2) is 8.83. The predicted octanol–water partition coefficient (Wildman–Crippen LogP) is 4.70. The van der Waals surface area contributed by atoms with Gasteiger partial charge in [-0.05, 0) is 56.5 Å². The first-order valence-electron chi connectivity index (χ1n) is 10.7. The molecule has 4 rings (SSSR count). The lowest BCUT2D eigenvalue weighted by Crippen LogP contribution is -2.26. The van der Waals surface area contributed by atoms with Gasteiger partial charge in [-0.15, -0.1) is 0 Å². The van der Waals surface area contributed by atoms with Crippen LogP contribution in [0.15, 0.2) is 48.5 Å². The van der Waals surface area contributed by atoms with E-state index in [1.54, 1.807) is 0 Å². The van der Waals surface area contributed by atoms with Crippen LogP contribution in [0.3, 0.4) is 0 Å². The SMILES string of the molecule is CCOC(=O)CCN1CCCc2c(c3cc(C)ccc3n2Cc2ccccc2)C1. The van der Waals surface area contributed by atoms with Crippen LogP contribution in [0.4, 0.5) is 0 Å². The van der Waals surface area contributed by atoms with E-state index in [4.69, 9.17) is 4.74 Å². The summed E-state index contributed by atoms with van der Waals surface area (Å²) in [5.41, 5.74) is 6.82. The number of benzene rings is 2. The summed E-state index contributed by atoms with van der Waals surface area (Å²) >= 11 is 0. The number of fused-ring (bicyclic) bond motifs is 3. The van der Waals surface area contributed by atoms with Gasteiger partial charge in [0.1, 0.15) is 0 Å². The molecule has 0 atom stereocenters. The second-order valence-electron chi connectivity index (χ2n) is 7.95. The Morgan fingerprint density at radius 2 is 1.97 bits per heavy atom. The van der Waals surface area contributed by atoms with Crippen molar-refractivity contribution in [3.05, 3.63) is 70.9 Å². The average molecular weight is 391 g/mol. The van der Waals surface area contributed by atoms with Crippen molar-refractivity contribution in [3.8, 4) is 0 Å². The monoisotopic (exact) mass is 390 g/mol. The molecule has 0 spiro atoms. The van der Waals surface area contributed by atoms with E-state index in [-0.39, 0.29) is 5.97 Å². The Kier molecular flexibility index (Phi) is 6.00. The summed E-state index contributed by atoms with van der Waals surface area (Å²) in [7, 11) is 0. The number of esters is 1. The van der Waals surface area contributed by atoms with E-state index in [2.05, 4.69) is 64.9 Å². The molecule has 0 aliphatic carbocycles. The largest absolute Gasteiger partial charge is 0.466 e. The quantitative estimate of drug-likeness (QED) is 0.572. The molecule has 0 unspecified atom stereocenters. The van der Waals surface area contributed by atoms with Gasteiger partial charge in [-0.3, -0.25) is 9.69 Å². The van der Waals surface area contributed by atoms with E-state index in [0.717, 1.165) is 39.0 Å². The number of hydrogen-bond donors (Lipinski definition) is 0. The van der Waals surface area contributed by atoms with Gasteiger partial charge in [0.05, 0.1) is 13.0 Å². The van der Waals surface area contributed by atoms with Gasteiger partial charge in [0.15, 0.2) is 0 Å². The number of aryl methyl sites for hydroxylation is 1. The zero-order valence-corrected chi connectivity index (χ0v) is 17.5. The normalized spacial score (nSPS) is 14.6. The molecule has 0 fully saturated rings. The lowest BCUT2D eigenvalue weighted by Gasteiger charge is -2.19. The van der Waals surface area contributed by atoms with Gasteiger partial charge in [-0.25, -0.2) is 0 Å². The smallest absolute Gasteiger partial charge is 0.307 e. The number of aromatic nitrogens is 1. The van der Waals surface area contributed by atoms with E-state index >= 15 is 0 Å². The maximum Gasteiger partial charge on any atom is 0.307 e. The summed E-state index contributed by atoms with van der Waals surface area (Å²) in [6.45, 7) is 8.06. The molecular formula is C25H30N2O2. The molecule has 1 aromatic heterocycles. The number of rotatable bonds is 6. The van der Waals surface area contributed by atoms with Crippen LogP contribution < -0.4 is 0 Å². The standard InChI is InChI=1S/C25H30N2O2/c1-3-29-25(28)13-15-26-14-7-10-23-22(18-26)21-16-19(2)11-12-24(21)27(23)17-20-8-5-4-6-9-20/h4-6,8-9,11-12,16H,3,7,10,13-15,17-18H2,1-2H3. The van der Waals surface area contributed by atoms with Gasteiger partial charge < -0.3 is 9.30 Å². The first-order chi connectivity index (χ1) is 14.2. The summed E-state index contributed by atoms with van der Waals surface area (Å²) in [6.07, 6.45) is 2.65. The highest BCUT2D eigenvalue weighted by Gasteiger charge is 2.23. The topological polar surface area (TPSA) is 34.5 Å².